The Bertz CT molecular complexity index is 503. The largest absolute Gasteiger partial charge is 0.468 e. The van der Waals surface area contributed by atoms with Crippen molar-refractivity contribution in [3.63, 3.8) is 0 Å². The number of carbonyl (C=O) groups excluding carboxylic acids is 2. The van der Waals surface area contributed by atoms with Crippen molar-refractivity contribution in [1.29, 1.82) is 0 Å². The SMILES string of the molecule is COC(=O)CN(C(=O)Cc1ccc(F)cc1F)C(C)C. The zero-order valence-electron chi connectivity index (χ0n) is 11.7. The minimum atomic E-state index is -0.778. The lowest BCUT2D eigenvalue weighted by Crippen LogP contribution is -2.42. The highest BCUT2D eigenvalue weighted by Gasteiger charge is 2.21. The Labute approximate surface area is 116 Å². The van der Waals surface area contributed by atoms with E-state index in [2.05, 4.69) is 4.74 Å². The Morgan fingerprint density at radius 1 is 1.30 bits per heavy atom. The molecule has 4 nitrogen and oxygen atoms in total. The van der Waals surface area contributed by atoms with Crippen molar-refractivity contribution in [2.45, 2.75) is 26.3 Å². The maximum absolute atomic E-state index is 13.5. The van der Waals surface area contributed by atoms with Crippen LogP contribution in [-0.4, -0.2) is 36.5 Å². The van der Waals surface area contributed by atoms with Crippen LogP contribution in [0.5, 0.6) is 0 Å². The summed E-state index contributed by atoms with van der Waals surface area (Å²) in [7, 11) is 1.23. The van der Waals surface area contributed by atoms with Crippen molar-refractivity contribution in [3.05, 3.63) is 35.4 Å². The number of amides is 1. The summed E-state index contributed by atoms with van der Waals surface area (Å²) < 4.78 is 30.8. The summed E-state index contributed by atoms with van der Waals surface area (Å²) in [4.78, 5) is 24.6. The van der Waals surface area contributed by atoms with Gasteiger partial charge in [0.25, 0.3) is 0 Å². The van der Waals surface area contributed by atoms with Gasteiger partial charge in [-0.1, -0.05) is 6.07 Å². The molecule has 0 saturated carbocycles. The van der Waals surface area contributed by atoms with E-state index in [-0.39, 0.29) is 24.6 Å². The number of hydrogen-bond donors (Lipinski definition) is 0. The molecule has 0 radical (unpaired) electrons. The molecule has 0 aliphatic rings. The van der Waals surface area contributed by atoms with Crippen LogP contribution in [0.25, 0.3) is 0 Å². The first-order valence-corrected chi connectivity index (χ1v) is 6.15. The van der Waals surface area contributed by atoms with E-state index in [1.165, 1.54) is 18.1 Å². The topological polar surface area (TPSA) is 46.6 Å². The first-order chi connectivity index (χ1) is 9.35. The van der Waals surface area contributed by atoms with Crippen molar-refractivity contribution in [2.75, 3.05) is 13.7 Å². The number of hydrogen-bond acceptors (Lipinski definition) is 3. The third-order valence-corrected chi connectivity index (χ3v) is 2.83. The van der Waals surface area contributed by atoms with Gasteiger partial charge in [-0.15, -0.1) is 0 Å². The summed E-state index contributed by atoms with van der Waals surface area (Å²) in [6, 6.07) is 2.80. The highest BCUT2D eigenvalue weighted by Crippen LogP contribution is 2.12. The molecule has 0 atom stereocenters. The fourth-order valence-electron chi connectivity index (χ4n) is 1.69. The van der Waals surface area contributed by atoms with Crippen LogP contribution in [0.1, 0.15) is 19.4 Å². The summed E-state index contributed by atoms with van der Waals surface area (Å²) in [5, 5.41) is 0. The molecule has 110 valence electrons. The van der Waals surface area contributed by atoms with E-state index in [0.717, 1.165) is 12.1 Å². The second-order valence-electron chi connectivity index (χ2n) is 4.60. The predicted octanol–water partition coefficient (Wildman–Crippen LogP) is 1.92. The van der Waals surface area contributed by atoms with Gasteiger partial charge in [0, 0.05) is 12.1 Å². The van der Waals surface area contributed by atoms with E-state index < -0.39 is 23.5 Å². The van der Waals surface area contributed by atoms with Gasteiger partial charge in [-0.05, 0) is 25.5 Å². The van der Waals surface area contributed by atoms with Gasteiger partial charge in [0.2, 0.25) is 5.91 Å². The van der Waals surface area contributed by atoms with Crippen molar-refractivity contribution in [3.8, 4) is 0 Å². The number of halogens is 2. The summed E-state index contributed by atoms with van der Waals surface area (Å²) in [5.74, 6) is -2.45. The average molecular weight is 285 g/mol. The first kappa shape index (κ1) is 16.1. The smallest absolute Gasteiger partial charge is 0.325 e. The summed E-state index contributed by atoms with van der Waals surface area (Å²) in [5.41, 5.74) is 0.0897. The van der Waals surface area contributed by atoms with Gasteiger partial charge in [0.1, 0.15) is 18.2 Å². The molecule has 0 spiro atoms. The van der Waals surface area contributed by atoms with Crippen molar-refractivity contribution >= 4 is 11.9 Å². The van der Waals surface area contributed by atoms with Crippen LogP contribution in [0.3, 0.4) is 0 Å². The van der Waals surface area contributed by atoms with E-state index in [4.69, 9.17) is 0 Å². The van der Waals surface area contributed by atoms with Crippen LogP contribution in [0.15, 0.2) is 18.2 Å². The van der Waals surface area contributed by atoms with Crippen LogP contribution >= 0.6 is 0 Å². The van der Waals surface area contributed by atoms with Crippen LogP contribution in [0.2, 0.25) is 0 Å². The van der Waals surface area contributed by atoms with E-state index in [9.17, 15) is 18.4 Å². The molecule has 0 aliphatic carbocycles. The average Bonchev–Trinajstić information content (AvgIpc) is 2.38. The number of ether oxygens (including phenoxy) is 1. The lowest BCUT2D eigenvalue weighted by atomic mass is 10.1. The molecule has 0 heterocycles. The molecule has 1 amide bonds. The minimum absolute atomic E-state index is 0.0897. The Balaban J connectivity index is 2.83. The highest BCUT2D eigenvalue weighted by atomic mass is 19.1. The molecule has 1 aromatic rings. The first-order valence-electron chi connectivity index (χ1n) is 6.15. The number of nitrogens with zero attached hydrogens (tertiary/aromatic N) is 1. The van der Waals surface area contributed by atoms with Crippen molar-refractivity contribution in [1.82, 2.24) is 4.90 Å². The third kappa shape index (κ3) is 4.29. The molecule has 0 aromatic heterocycles. The Morgan fingerprint density at radius 3 is 2.45 bits per heavy atom. The molecular formula is C14H17F2NO3. The molecule has 1 aromatic carbocycles. The number of methoxy groups -OCH3 is 1. The number of benzene rings is 1. The van der Waals surface area contributed by atoms with Gasteiger partial charge in [0.05, 0.1) is 13.5 Å². The Morgan fingerprint density at radius 2 is 1.95 bits per heavy atom. The molecule has 1 rings (SSSR count). The van der Waals surface area contributed by atoms with Gasteiger partial charge in [-0.2, -0.15) is 0 Å². The second kappa shape index (κ2) is 6.98. The number of esters is 1. The van der Waals surface area contributed by atoms with Crippen LogP contribution in [0.4, 0.5) is 8.78 Å². The second-order valence-corrected chi connectivity index (χ2v) is 4.60. The van der Waals surface area contributed by atoms with Crippen LogP contribution < -0.4 is 0 Å². The van der Waals surface area contributed by atoms with E-state index in [1.54, 1.807) is 13.8 Å². The van der Waals surface area contributed by atoms with E-state index in [1.807, 2.05) is 0 Å². The lowest BCUT2D eigenvalue weighted by Gasteiger charge is -2.25. The zero-order chi connectivity index (χ0) is 15.3. The standard InChI is InChI=1S/C14H17F2NO3/c1-9(2)17(8-14(19)20-3)13(18)6-10-4-5-11(15)7-12(10)16/h4-5,7,9H,6,8H2,1-3H3. The van der Waals surface area contributed by atoms with Crippen molar-refractivity contribution in [2.24, 2.45) is 0 Å². The monoisotopic (exact) mass is 285 g/mol. The molecule has 0 fully saturated rings. The van der Waals surface area contributed by atoms with Gasteiger partial charge in [-0.3, -0.25) is 9.59 Å². The summed E-state index contributed by atoms with van der Waals surface area (Å²) in [6.07, 6.45) is -0.235. The molecule has 6 heteroatoms. The molecular weight excluding hydrogens is 268 g/mol. The molecule has 0 aliphatic heterocycles. The predicted molar refractivity (Wildman–Crippen MR) is 68.9 cm³/mol. The Hall–Kier alpha value is -1.98. The summed E-state index contributed by atoms with van der Waals surface area (Å²) in [6.45, 7) is 3.28. The maximum atomic E-state index is 13.5. The maximum Gasteiger partial charge on any atom is 0.325 e. The molecule has 0 unspecified atom stereocenters. The Kier molecular flexibility index (Phi) is 5.61. The van der Waals surface area contributed by atoms with Gasteiger partial charge >= 0.3 is 5.97 Å². The van der Waals surface area contributed by atoms with E-state index >= 15 is 0 Å². The quantitative estimate of drug-likeness (QED) is 0.776. The third-order valence-electron chi connectivity index (χ3n) is 2.83. The molecule has 20 heavy (non-hydrogen) atoms. The fraction of sp³-hybridized carbons (Fsp3) is 0.429. The van der Waals surface area contributed by atoms with Gasteiger partial charge < -0.3 is 9.64 Å². The summed E-state index contributed by atoms with van der Waals surface area (Å²) >= 11 is 0. The van der Waals surface area contributed by atoms with E-state index in [0.29, 0.717) is 0 Å². The lowest BCUT2D eigenvalue weighted by molar-refractivity contribution is -0.148. The van der Waals surface area contributed by atoms with Crippen LogP contribution in [0, 0.1) is 11.6 Å². The molecule has 0 bridgehead atoms. The fourth-order valence-corrected chi connectivity index (χ4v) is 1.69. The van der Waals surface area contributed by atoms with Gasteiger partial charge in [0.15, 0.2) is 0 Å². The minimum Gasteiger partial charge on any atom is -0.468 e. The highest BCUT2D eigenvalue weighted by molar-refractivity contribution is 5.83. The van der Waals surface area contributed by atoms with Crippen molar-refractivity contribution < 1.29 is 23.1 Å². The molecule has 0 N–H and O–H groups in total. The number of carbonyl (C=O) groups is 2. The number of rotatable bonds is 5. The zero-order valence-corrected chi connectivity index (χ0v) is 11.7. The van der Waals surface area contributed by atoms with Crippen LogP contribution in [-0.2, 0) is 20.7 Å². The van der Waals surface area contributed by atoms with Gasteiger partial charge in [-0.25, -0.2) is 8.78 Å². The molecule has 0 saturated heterocycles. The normalized spacial score (nSPS) is 10.5.